The number of nitrogens with one attached hydrogen (secondary N) is 1. The number of esters is 3. The van der Waals surface area contributed by atoms with Crippen LogP contribution in [0.5, 0.6) is 0 Å². The van der Waals surface area contributed by atoms with Crippen LogP contribution in [0.4, 0.5) is 0 Å². The van der Waals surface area contributed by atoms with E-state index in [9.17, 15) is 49.8 Å². The summed E-state index contributed by atoms with van der Waals surface area (Å²) in [7, 11) is 1.29. The second-order valence-electron chi connectivity index (χ2n) is 21.4. The molecule has 5 rings (SSSR count). The average molecular weight is 905 g/mol. The molecule has 364 valence electrons. The van der Waals surface area contributed by atoms with E-state index in [4.69, 9.17) is 14.2 Å². The van der Waals surface area contributed by atoms with Crippen LogP contribution in [-0.4, -0.2) is 146 Å². The monoisotopic (exact) mass is 905 g/mol. The lowest BCUT2D eigenvalue weighted by Crippen LogP contribution is -2.62. The normalized spacial score (nSPS) is 44.8. The molecule has 3 fully saturated rings. The van der Waals surface area contributed by atoms with Crippen molar-refractivity contribution in [3.05, 3.63) is 23.3 Å². The van der Waals surface area contributed by atoms with E-state index in [1.807, 2.05) is 24.8 Å². The molecule has 0 amide bonds. The van der Waals surface area contributed by atoms with Gasteiger partial charge in [0.05, 0.1) is 43.4 Å². The van der Waals surface area contributed by atoms with Gasteiger partial charge in [0, 0.05) is 48.2 Å². The van der Waals surface area contributed by atoms with Gasteiger partial charge in [-0.05, 0) is 116 Å². The Labute approximate surface area is 380 Å². The van der Waals surface area contributed by atoms with Gasteiger partial charge < -0.3 is 50.2 Å². The largest absolute Gasteiger partial charge is 0.466 e. The molecule has 5 aliphatic rings. The molecule has 0 aromatic heterocycles. The molecule has 0 aromatic rings. The lowest BCUT2D eigenvalue weighted by atomic mass is 9.46. The molecule has 1 saturated heterocycles. The highest BCUT2D eigenvalue weighted by atomic mass is 16.6. The first-order chi connectivity index (χ1) is 29.7. The number of allylic oxidation sites excluding steroid dienone is 4. The zero-order chi connectivity index (χ0) is 47.9. The van der Waals surface area contributed by atoms with E-state index >= 15 is 0 Å². The molecular formula is C49H80N2O13. The minimum absolute atomic E-state index is 0.00652. The maximum Gasteiger partial charge on any atom is 0.350 e. The van der Waals surface area contributed by atoms with Crippen molar-refractivity contribution < 1.29 is 64.0 Å². The fourth-order valence-electron chi connectivity index (χ4n) is 13.2. The zero-order valence-corrected chi connectivity index (χ0v) is 40.3. The summed E-state index contributed by atoms with van der Waals surface area (Å²) in [5.74, 6) is -4.30. The van der Waals surface area contributed by atoms with Crippen LogP contribution in [0.2, 0.25) is 0 Å². The Balaban J connectivity index is 1.24. The fourth-order valence-corrected chi connectivity index (χ4v) is 13.2. The van der Waals surface area contributed by atoms with Gasteiger partial charge in [0.1, 0.15) is 17.8 Å². The summed E-state index contributed by atoms with van der Waals surface area (Å²) < 4.78 is 17.3. The molecule has 64 heavy (non-hydrogen) atoms. The van der Waals surface area contributed by atoms with Crippen LogP contribution in [-0.2, 0) is 33.4 Å². The predicted molar refractivity (Wildman–Crippen MR) is 238 cm³/mol. The van der Waals surface area contributed by atoms with Crippen LogP contribution >= 0.6 is 0 Å². The van der Waals surface area contributed by atoms with Crippen molar-refractivity contribution >= 4 is 23.7 Å². The smallest absolute Gasteiger partial charge is 0.350 e. The van der Waals surface area contributed by atoms with Crippen LogP contribution in [0, 0.1) is 46.3 Å². The van der Waals surface area contributed by atoms with Gasteiger partial charge in [0.25, 0.3) is 0 Å². The summed E-state index contributed by atoms with van der Waals surface area (Å²) in [5.41, 5.74) is -4.23. The van der Waals surface area contributed by atoms with Crippen LogP contribution in [0.15, 0.2) is 23.3 Å². The Kier molecular flexibility index (Phi) is 16.2. The quantitative estimate of drug-likeness (QED) is 0.0721. The Morgan fingerprint density at radius 1 is 0.984 bits per heavy atom. The standard InChI is InChI=1S/C49H80N2O13/c1-12-37-48(10,61)42(57)31(6)51(26-27(2)24-47(9,60)41(56)29(4)40(55)30(5)43(58)63-37)21-13-19-50-20-16-38(54)64-49(44(59)62-11)18-15-34-33-22-28(3)35-23-32(52)14-17-45(35,7)39(33)36(53)25-46(34,49)8/h14,17,27,29-31,33-34,36-37,39-42,50,53,55-57,60-61H,12-13,15-16,18-26H2,1-11H3/t27-,29+,30-,31-,33?,34?,36+,37-,39?,40+,41-,42-,45+,46+,47-,48-,49+/m1/s1. The number of cyclic esters (lactones) is 1. The second-order valence-corrected chi connectivity index (χ2v) is 21.4. The number of hydrogen-bond acceptors (Lipinski definition) is 15. The van der Waals surface area contributed by atoms with E-state index in [0.29, 0.717) is 45.3 Å². The Morgan fingerprint density at radius 3 is 2.30 bits per heavy atom. The number of aliphatic hydroxyl groups is 6. The molecule has 1 heterocycles. The van der Waals surface area contributed by atoms with Crippen molar-refractivity contribution in [3.63, 3.8) is 0 Å². The van der Waals surface area contributed by atoms with Crippen LogP contribution in [0.25, 0.3) is 0 Å². The number of ether oxygens (including phenoxy) is 3. The van der Waals surface area contributed by atoms with E-state index < -0.39 is 93.9 Å². The van der Waals surface area contributed by atoms with E-state index in [1.165, 1.54) is 27.9 Å². The third-order valence-electron chi connectivity index (χ3n) is 16.8. The van der Waals surface area contributed by atoms with Crippen molar-refractivity contribution in [1.29, 1.82) is 0 Å². The van der Waals surface area contributed by atoms with Gasteiger partial charge in [0.15, 0.2) is 5.78 Å². The highest BCUT2D eigenvalue weighted by Gasteiger charge is 2.71. The molecule has 3 unspecified atom stereocenters. The van der Waals surface area contributed by atoms with E-state index in [0.717, 1.165) is 11.1 Å². The predicted octanol–water partition coefficient (Wildman–Crippen LogP) is 3.39. The van der Waals surface area contributed by atoms with Crippen LogP contribution in [0.3, 0.4) is 0 Å². The molecule has 15 nitrogen and oxygen atoms in total. The third-order valence-corrected chi connectivity index (χ3v) is 16.8. The fraction of sp³-hybridized carbons (Fsp3) is 0.837. The van der Waals surface area contributed by atoms with Crippen molar-refractivity contribution in [1.82, 2.24) is 10.2 Å². The van der Waals surface area contributed by atoms with Gasteiger partial charge in [-0.3, -0.25) is 19.3 Å². The van der Waals surface area contributed by atoms with Crippen molar-refractivity contribution in [2.45, 2.75) is 180 Å². The van der Waals surface area contributed by atoms with Gasteiger partial charge in [-0.15, -0.1) is 0 Å². The topological polar surface area (TPSA) is 233 Å². The first-order valence-electron chi connectivity index (χ1n) is 23.8. The molecule has 2 saturated carbocycles. The second kappa shape index (κ2) is 19.8. The Morgan fingerprint density at radius 2 is 1.66 bits per heavy atom. The Hall–Kier alpha value is -2.76. The van der Waals surface area contributed by atoms with Crippen LogP contribution < -0.4 is 5.32 Å². The molecule has 0 radical (unpaired) electrons. The summed E-state index contributed by atoms with van der Waals surface area (Å²) in [4.78, 5) is 55.2. The Bertz CT molecular complexity index is 1780. The number of carbonyl (C=O) groups is 4. The van der Waals surface area contributed by atoms with Crippen LogP contribution in [0.1, 0.15) is 127 Å². The number of fused-ring (bicyclic) bond motifs is 5. The van der Waals surface area contributed by atoms with Gasteiger partial charge >= 0.3 is 17.9 Å². The molecule has 15 heteroatoms. The summed E-state index contributed by atoms with van der Waals surface area (Å²) in [6.45, 7) is 19.0. The SMILES string of the molecule is CC[C@H]1OC(=O)[C@H](C)[C@@H](O)[C@H](C)[C@@H](O)[C@](C)(O)C[C@@H](C)CN(CCCNCCC(=O)O[C@]2(C(=O)OC)CCC3C4CC(C)=C5CC(=O)C=C[C@]5(C)C4[C@@H](O)C[C@@]32C)[C@H](C)[C@@H](O)[C@]1(C)O. The number of methoxy groups -OCH3 is 1. The first-order valence-corrected chi connectivity index (χ1v) is 23.8. The minimum Gasteiger partial charge on any atom is -0.466 e. The highest BCUT2D eigenvalue weighted by Crippen LogP contribution is 2.68. The molecule has 1 aliphatic heterocycles. The number of nitrogens with zero attached hydrogens (tertiary/aromatic N) is 1. The van der Waals surface area contributed by atoms with Crippen molar-refractivity contribution in [2.24, 2.45) is 46.3 Å². The van der Waals surface area contributed by atoms with Crippen molar-refractivity contribution in [3.8, 4) is 0 Å². The highest BCUT2D eigenvalue weighted by molar-refractivity contribution is 5.93. The molecular weight excluding hydrogens is 825 g/mol. The third kappa shape index (κ3) is 9.66. The van der Waals surface area contributed by atoms with Gasteiger partial charge in [0.2, 0.25) is 5.60 Å². The number of ketones is 1. The summed E-state index contributed by atoms with van der Waals surface area (Å²) in [5, 5.41) is 72.5. The maximum atomic E-state index is 13.8. The number of rotatable bonds is 10. The molecule has 0 bridgehead atoms. The van der Waals surface area contributed by atoms with E-state index in [2.05, 4.69) is 19.2 Å². The molecule has 7 N–H and O–H groups in total. The summed E-state index contributed by atoms with van der Waals surface area (Å²) >= 11 is 0. The van der Waals surface area contributed by atoms with Gasteiger partial charge in [-0.25, -0.2) is 4.79 Å². The van der Waals surface area contributed by atoms with Crippen molar-refractivity contribution in [2.75, 3.05) is 33.3 Å². The minimum atomic E-state index is -1.87. The summed E-state index contributed by atoms with van der Waals surface area (Å²) in [6, 6.07) is -0.649. The number of carbonyl (C=O) groups excluding carboxylic acids is 4. The van der Waals surface area contributed by atoms with Gasteiger partial charge in [-0.2, -0.15) is 0 Å². The molecule has 0 aromatic carbocycles. The molecule has 0 spiro atoms. The lowest BCUT2D eigenvalue weighted by molar-refractivity contribution is -0.210. The molecule has 4 aliphatic carbocycles. The lowest BCUT2D eigenvalue weighted by Gasteiger charge is -2.59. The average Bonchev–Trinajstić information content (AvgIpc) is 3.52. The van der Waals surface area contributed by atoms with E-state index in [-0.39, 0.29) is 68.1 Å². The van der Waals surface area contributed by atoms with Gasteiger partial charge in [-0.1, -0.05) is 51.8 Å². The number of aliphatic hydroxyl groups excluding tert-OH is 4. The summed E-state index contributed by atoms with van der Waals surface area (Å²) in [6.07, 6.45) is 0.607. The van der Waals surface area contributed by atoms with E-state index in [1.54, 1.807) is 26.8 Å². The maximum absolute atomic E-state index is 13.8. The molecule has 17 atom stereocenters. The first kappa shape index (κ1) is 52.2. The zero-order valence-electron chi connectivity index (χ0n) is 40.3. The number of hydrogen-bond donors (Lipinski definition) is 7.